The van der Waals surface area contributed by atoms with Crippen molar-refractivity contribution in [3.63, 3.8) is 0 Å². The summed E-state index contributed by atoms with van der Waals surface area (Å²) >= 11 is 0.870. The van der Waals surface area contributed by atoms with E-state index in [1.807, 2.05) is 25.1 Å². The second-order valence-electron chi connectivity index (χ2n) is 7.81. The van der Waals surface area contributed by atoms with E-state index in [0.717, 1.165) is 55.9 Å². The second kappa shape index (κ2) is 9.82. The van der Waals surface area contributed by atoms with Gasteiger partial charge >= 0.3 is 5.97 Å². The third-order valence-electron chi connectivity index (χ3n) is 5.37. The molecule has 166 valence electrons. The lowest BCUT2D eigenvalue weighted by molar-refractivity contribution is -0.137. The van der Waals surface area contributed by atoms with Gasteiger partial charge in [0.05, 0.1) is 19.7 Å². The molecule has 0 bridgehead atoms. The van der Waals surface area contributed by atoms with E-state index in [1.165, 1.54) is 0 Å². The van der Waals surface area contributed by atoms with Gasteiger partial charge in [0.1, 0.15) is 15.0 Å². The van der Waals surface area contributed by atoms with E-state index >= 15 is 0 Å². The molecule has 3 rings (SSSR count). The number of carbonyl (C=O) groups is 3. The number of ether oxygens (including phenoxy) is 1. The zero-order valence-corrected chi connectivity index (χ0v) is 19.2. The van der Waals surface area contributed by atoms with Crippen molar-refractivity contribution in [1.82, 2.24) is 4.98 Å². The molecule has 1 saturated carbocycles. The molecule has 0 saturated heterocycles. The van der Waals surface area contributed by atoms with Crippen molar-refractivity contribution >= 4 is 38.7 Å². The maximum absolute atomic E-state index is 13.0. The summed E-state index contributed by atoms with van der Waals surface area (Å²) in [7, 11) is -2.74. The molecule has 0 atom stereocenters. The van der Waals surface area contributed by atoms with Crippen molar-refractivity contribution in [3.05, 3.63) is 46.1 Å². The molecule has 0 N–H and O–H groups in total. The summed E-state index contributed by atoms with van der Waals surface area (Å²) in [6.45, 7) is 1.92. The number of thiazole rings is 1. The molecular weight excluding hydrogens is 438 g/mol. The van der Waals surface area contributed by atoms with Gasteiger partial charge in [-0.2, -0.15) is 0 Å². The van der Waals surface area contributed by atoms with Crippen LogP contribution in [-0.2, 0) is 37.0 Å². The topological polar surface area (TPSA) is 107 Å². The van der Waals surface area contributed by atoms with Crippen LogP contribution in [-0.4, -0.2) is 43.8 Å². The molecule has 0 spiro atoms. The van der Waals surface area contributed by atoms with Crippen LogP contribution in [0, 0.1) is 12.8 Å². The average molecular weight is 464 g/mol. The highest BCUT2D eigenvalue weighted by molar-refractivity contribution is 7.94. The van der Waals surface area contributed by atoms with Gasteiger partial charge < -0.3 is 4.74 Å². The molecule has 1 fully saturated rings. The number of Topliss-reactive ketones (excluding diaryl/α,β-unsaturated/α-hetero) is 2. The summed E-state index contributed by atoms with van der Waals surface area (Å²) < 4.78 is 28.8. The fourth-order valence-corrected chi connectivity index (χ4v) is 6.16. The van der Waals surface area contributed by atoms with Gasteiger partial charge in [0.25, 0.3) is 0 Å². The molecule has 1 aromatic carbocycles. The first-order valence-corrected chi connectivity index (χ1v) is 12.6. The van der Waals surface area contributed by atoms with Crippen LogP contribution in [0.1, 0.15) is 52.2 Å². The molecule has 0 amide bonds. The van der Waals surface area contributed by atoms with Gasteiger partial charge in [-0.05, 0) is 31.4 Å². The van der Waals surface area contributed by atoms with Gasteiger partial charge in [0.2, 0.25) is 0 Å². The molecule has 1 aliphatic carbocycles. The standard InChI is InChI=1S/C22H25NO6S2/c1-14-7-8-16(18(9-14)22(26)15-5-3-4-6-15)10-17(24)11-19-23-12-21(30-19)31(27,28)13-20(25)29-2/h7-9,12,15H,3-6,10-11,13H2,1-2H3. The summed E-state index contributed by atoms with van der Waals surface area (Å²) in [5.41, 5.74) is 2.28. The molecule has 2 aromatic rings. The summed E-state index contributed by atoms with van der Waals surface area (Å²) in [6, 6.07) is 5.56. The van der Waals surface area contributed by atoms with Crippen LogP contribution in [0.3, 0.4) is 0 Å². The van der Waals surface area contributed by atoms with Gasteiger partial charge in [0, 0.05) is 17.9 Å². The Balaban J connectivity index is 1.71. The minimum atomic E-state index is -3.85. The van der Waals surface area contributed by atoms with Crippen molar-refractivity contribution < 1.29 is 27.5 Å². The number of methoxy groups -OCH3 is 1. The number of rotatable bonds is 9. The lowest BCUT2D eigenvalue weighted by Crippen LogP contribution is -2.16. The molecule has 0 radical (unpaired) electrons. The molecule has 0 unspecified atom stereocenters. The van der Waals surface area contributed by atoms with Crippen LogP contribution < -0.4 is 0 Å². The van der Waals surface area contributed by atoms with Crippen molar-refractivity contribution in [3.8, 4) is 0 Å². The van der Waals surface area contributed by atoms with E-state index in [1.54, 1.807) is 0 Å². The SMILES string of the molecule is COC(=O)CS(=O)(=O)c1cnc(CC(=O)Cc2ccc(C)cc2C(=O)C2CCCC2)s1. The summed E-state index contributed by atoms with van der Waals surface area (Å²) in [4.78, 5) is 41.0. The Morgan fingerprint density at radius 2 is 1.87 bits per heavy atom. The minimum absolute atomic E-state index is 0.0252. The summed E-state index contributed by atoms with van der Waals surface area (Å²) in [5, 5.41) is 0.351. The quantitative estimate of drug-likeness (QED) is 0.415. The van der Waals surface area contributed by atoms with Crippen LogP contribution >= 0.6 is 11.3 Å². The third kappa shape index (κ3) is 5.86. The molecule has 1 aliphatic rings. The Bertz CT molecular complexity index is 1100. The molecule has 0 aliphatic heterocycles. The molecule has 1 heterocycles. The second-order valence-corrected chi connectivity index (χ2v) is 11.1. The van der Waals surface area contributed by atoms with Crippen molar-refractivity contribution in [1.29, 1.82) is 0 Å². The Morgan fingerprint density at radius 1 is 1.16 bits per heavy atom. The lowest BCUT2D eigenvalue weighted by atomic mass is 9.90. The smallest absolute Gasteiger partial charge is 0.321 e. The average Bonchev–Trinajstić information content (AvgIpc) is 3.41. The fourth-order valence-electron chi connectivity index (χ4n) is 3.73. The van der Waals surface area contributed by atoms with Crippen LogP contribution in [0.4, 0.5) is 0 Å². The van der Waals surface area contributed by atoms with Gasteiger partial charge in [-0.25, -0.2) is 13.4 Å². The molecule has 1 aromatic heterocycles. The van der Waals surface area contributed by atoms with Gasteiger partial charge in [-0.3, -0.25) is 14.4 Å². The number of nitrogens with zero attached hydrogens (tertiary/aromatic N) is 1. The molecule has 31 heavy (non-hydrogen) atoms. The number of hydrogen-bond donors (Lipinski definition) is 0. The predicted molar refractivity (Wildman–Crippen MR) is 116 cm³/mol. The molecule has 7 nitrogen and oxygen atoms in total. The maximum Gasteiger partial charge on any atom is 0.321 e. The number of benzene rings is 1. The number of hydrogen-bond acceptors (Lipinski definition) is 8. The van der Waals surface area contributed by atoms with Crippen LogP contribution in [0.15, 0.2) is 28.6 Å². The first-order valence-electron chi connectivity index (χ1n) is 10.1. The van der Waals surface area contributed by atoms with E-state index in [9.17, 15) is 22.8 Å². The Labute approximate surface area is 185 Å². The van der Waals surface area contributed by atoms with E-state index < -0.39 is 21.6 Å². The minimum Gasteiger partial charge on any atom is -0.468 e. The predicted octanol–water partition coefficient (Wildman–Crippen LogP) is 3.13. The Hall–Kier alpha value is -2.39. The molecular formula is C22H25NO6S2. The Kier molecular flexibility index (Phi) is 7.38. The largest absolute Gasteiger partial charge is 0.468 e. The fraction of sp³-hybridized carbons (Fsp3) is 0.455. The number of ketones is 2. The Morgan fingerprint density at radius 3 is 2.55 bits per heavy atom. The highest BCUT2D eigenvalue weighted by Crippen LogP contribution is 2.30. The van der Waals surface area contributed by atoms with E-state index in [4.69, 9.17) is 0 Å². The van der Waals surface area contributed by atoms with E-state index in [2.05, 4.69) is 9.72 Å². The normalized spacial score (nSPS) is 14.5. The lowest BCUT2D eigenvalue weighted by Gasteiger charge is -2.13. The first-order chi connectivity index (χ1) is 14.7. The van der Waals surface area contributed by atoms with Gasteiger partial charge in [-0.15, -0.1) is 11.3 Å². The van der Waals surface area contributed by atoms with Crippen LogP contribution in [0.2, 0.25) is 0 Å². The van der Waals surface area contributed by atoms with Crippen molar-refractivity contribution in [2.45, 2.75) is 49.7 Å². The number of carbonyl (C=O) groups excluding carboxylic acids is 3. The van der Waals surface area contributed by atoms with Crippen LogP contribution in [0.5, 0.6) is 0 Å². The monoisotopic (exact) mass is 463 g/mol. The zero-order valence-electron chi connectivity index (χ0n) is 17.5. The van der Waals surface area contributed by atoms with Crippen molar-refractivity contribution in [2.75, 3.05) is 12.9 Å². The number of aryl methyl sites for hydroxylation is 1. The van der Waals surface area contributed by atoms with Crippen LogP contribution in [0.25, 0.3) is 0 Å². The third-order valence-corrected chi connectivity index (χ3v) is 8.51. The maximum atomic E-state index is 13.0. The van der Waals surface area contributed by atoms with Gasteiger partial charge in [0.15, 0.2) is 21.4 Å². The number of aromatic nitrogens is 1. The highest BCUT2D eigenvalue weighted by atomic mass is 32.2. The number of esters is 1. The summed E-state index contributed by atoms with van der Waals surface area (Å²) in [6.07, 6.45) is 5.10. The van der Waals surface area contributed by atoms with Gasteiger partial charge in [-0.1, -0.05) is 30.5 Å². The highest BCUT2D eigenvalue weighted by Gasteiger charge is 2.27. The first kappa shape index (κ1) is 23.3. The van der Waals surface area contributed by atoms with E-state index in [-0.39, 0.29) is 34.5 Å². The summed E-state index contributed by atoms with van der Waals surface area (Å²) in [5.74, 6) is -1.65. The number of sulfone groups is 1. The van der Waals surface area contributed by atoms with E-state index in [0.29, 0.717) is 16.1 Å². The zero-order chi connectivity index (χ0) is 22.6. The molecule has 9 heteroatoms. The van der Waals surface area contributed by atoms with Crippen molar-refractivity contribution in [2.24, 2.45) is 5.92 Å².